The summed E-state index contributed by atoms with van der Waals surface area (Å²) in [5.74, 6) is 0.894. The van der Waals surface area contributed by atoms with Crippen LogP contribution in [0.2, 0.25) is 0 Å². The molecule has 0 spiro atoms. The van der Waals surface area contributed by atoms with Crippen molar-refractivity contribution in [2.24, 2.45) is 5.10 Å². The highest BCUT2D eigenvalue weighted by Gasteiger charge is 2.26. The van der Waals surface area contributed by atoms with Gasteiger partial charge in [0.2, 0.25) is 6.10 Å². The molecule has 7 heteroatoms. The van der Waals surface area contributed by atoms with E-state index in [9.17, 15) is 9.90 Å². The van der Waals surface area contributed by atoms with Crippen LogP contribution in [0.3, 0.4) is 0 Å². The fourth-order valence-electron chi connectivity index (χ4n) is 1.99. The number of hydrogen-bond acceptors (Lipinski definition) is 5. The molecule has 1 aliphatic heterocycles. The molecule has 0 saturated carbocycles. The molecule has 2 aromatic rings. The fraction of sp³-hybridized carbons (Fsp3) is 0.125. The molecule has 23 heavy (non-hydrogen) atoms. The normalized spacial score (nSPS) is 16.3. The molecule has 1 aliphatic rings. The molecule has 0 unspecified atom stereocenters. The summed E-state index contributed by atoms with van der Waals surface area (Å²) in [6.07, 6.45) is 0.716. The van der Waals surface area contributed by atoms with E-state index >= 15 is 0 Å². The zero-order valence-corrected chi connectivity index (χ0v) is 13.5. The molecule has 0 saturated heterocycles. The van der Waals surface area contributed by atoms with Crippen LogP contribution in [0.5, 0.6) is 17.2 Å². The lowest BCUT2D eigenvalue weighted by Gasteiger charge is -2.24. The maximum atomic E-state index is 12.0. The first-order chi connectivity index (χ1) is 11.1. The molecule has 0 aromatic heterocycles. The second kappa shape index (κ2) is 6.70. The Labute approximate surface area is 140 Å². The lowest BCUT2D eigenvalue weighted by atomic mass is 10.2. The number of amides is 1. The molecular formula is C16H13BrN2O4. The van der Waals surface area contributed by atoms with Crippen LogP contribution in [0.25, 0.3) is 0 Å². The Balaban J connectivity index is 1.59. The smallest absolute Gasteiger partial charge is 0.284 e. The summed E-state index contributed by atoms with van der Waals surface area (Å²) in [5.41, 5.74) is 3.14. The number of phenolic OH excluding ortho intramolecular Hbond substituents is 1. The number of hydrazone groups is 1. The van der Waals surface area contributed by atoms with Gasteiger partial charge in [-0.3, -0.25) is 4.79 Å². The molecule has 1 heterocycles. The SMILES string of the molecule is O=C(N/N=C/c1ccc(O)c(Br)c1)[C@H]1COc2ccccc2O1. The van der Waals surface area contributed by atoms with Crippen molar-refractivity contribution in [2.45, 2.75) is 6.10 Å². The summed E-state index contributed by atoms with van der Waals surface area (Å²) in [6.45, 7) is 0.128. The predicted molar refractivity (Wildman–Crippen MR) is 87.9 cm³/mol. The Morgan fingerprint density at radius 1 is 1.30 bits per heavy atom. The van der Waals surface area contributed by atoms with E-state index in [4.69, 9.17) is 9.47 Å². The number of fused-ring (bicyclic) bond motifs is 1. The second-order valence-electron chi connectivity index (χ2n) is 4.81. The van der Waals surface area contributed by atoms with Crippen LogP contribution >= 0.6 is 15.9 Å². The largest absolute Gasteiger partial charge is 0.507 e. The van der Waals surface area contributed by atoms with Gasteiger partial charge in [-0.15, -0.1) is 0 Å². The number of carbonyl (C=O) groups excluding carboxylic acids is 1. The molecule has 0 fully saturated rings. The van der Waals surface area contributed by atoms with Crippen LogP contribution in [0.4, 0.5) is 0 Å². The minimum Gasteiger partial charge on any atom is -0.507 e. The number of nitrogens with zero attached hydrogens (tertiary/aromatic N) is 1. The summed E-state index contributed by atoms with van der Waals surface area (Å²) >= 11 is 3.21. The molecule has 2 aromatic carbocycles. The van der Waals surface area contributed by atoms with E-state index in [1.807, 2.05) is 12.1 Å². The molecule has 3 rings (SSSR count). The average Bonchev–Trinajstić information content (AvgIpc) is 2.57. The van der Waals surface area contributed by atoms with Gasteiger partial charge in [-0.25, -0.2) is 5.43 Å². The number of halogens is 1. The lowest BCUT2D eigenvalue weighted by molar-refractivity contribution is -0.130. The topological polar surface area (TPSA) is 80.2 Å². The maximum Gasteiger partial charge on any atom is 0.284 e. The van der Waals surface area contributed by atoms with E-state index in [1.54, 1.807) is 24.3 Å². The van der Waals surface area contributed by atoms with Gasteiger partial charge < -0.3 is 14.6 Å². The first kappa shape index (κ1) is 15.4. The molecule has 0 bridgehead atoms. The highest BCUT2D eigenvalue weighted by atomic mass is 79.9. The van der Waals surface area contributed by atoms with Crippen molar-refractivity contribution in [3.8, 4) is 17.2 Å². The van der Waals surface area contributed by atoms with E-state index in [0.29, 0.717) is 16.0 Å². The molecule has 1 atom stereocenters. The zero-order chi connectivity index (χ0) is 16.2. The summed E-state index contributed by atoms with van der Waals surface area (Å²) in [5, 5.41) is 13.3. The van der Waals surface area contributed by atoms with E-state index in [0.717, 1.165) is 5.56 Å². The van der Waals surface area contributed by atoms with Gasteiger partial charge in [0, 0.05) is 0 Å². The summed E-state index contributed by atoms with van der Waals surface area (Å²) in [7, 11) is 0. The van der Waals surface area contributed by atoms with Gasteiger partial charge in [0.05, 0.1) is 10.7 Å². The highest BCUT2D eigenvalue weighted by Crippen LogP contribution is 2.30. The van der Waals surface area contributed by atoms with Crippen molar-refractivity contribution < 1.29 is 19.4 Å². The minimum atomic E-state index is -0.756. The number of phenols is 1. The quantitative estimate of drug-likeness (QED) is 0.636. The van der Waals surface area contributed by atoms with E-state index in [-0.39, 0.29) is 12.4 Å². The Bertz CT molecular complexity index is 763. The fourth-order valence-corrected chi connectivity index (χ4v) is 2.39. The van der Waals surface area contributed by atoms with Gasteiger partial charge in [-0.2, -0.15) is 5.10 Å². The second-order valence-corrected chi connectivity index (χ2v) is 5.66. The Kier molecular flexibility index (Phi) is 4.47. The standard InChI is InChI=1S/C16H13BrN2O4/c17-11-7-10(5-6-12(11)20)8-18-19-16(21)15-9-22-13-3-1-2-4-14(13)23-15/h1-8,15,20H,9H2,(H,19,21)/b18-8+/t15-/m1/s1. The third-order valence-corrected chi connectivity index (χ3v) is 3.80. The van der Waals surface area contributed by atoms with E-state index in [2.05, 4.69) is 26.5 Å². The third kappa shape index (κ3) is 3.62. The van der Waals surface area contributed by atoms with Crippen LogP contribution in [-0.4, -0.2) is 29.9 Å². The predicted octanol–water partition coefficient (Wildman–Crippen LogP) is 2.44. The molecule has 0 radical (unpaired) electrons. The Morgan fingerprint density at radius 2 is 2.09 bits per heavy atom. The van der Waals surface area contributed by atoms with Gasteiger partial charge in [-0.05, 0) is 51.8 Å². The van der Waals surface area contributed by atoms with Gasteiger partial charge in [0.25, 0.3) is 5.91 Å². The van der Waals surface area contributed by atoms with Gasteiger partial charge in [0.1, 0.15) is 12.4 Å². The highest BCUT2D eigenvalue weighted by molar-refractivity contribution is 9.10. The summed E-state index contributed by atoms with van der Waals surface area (Å²) < 4.78 is 11.6. The molecule has 0 aliphatic carbocycles. The number of ether oxygens (including phenoxy) is 2. The Hall–Kier alpha value is -2.54. The van der Waals surface area contributed by atoms with Crippen LogP contribution in [0, 0.1) is 0 Å². The molecular weight excluding hydrogens is 364 g/mol. The van der Waals surface area contributed by atoms with E-state index < -0.39 is 12.0 Å². The van der Waals surface area contributed by atoms with Crippen LogP contribution < -0.4 is 14.9 Å². The molecule has 1 amide bonds. The maximum absolute atomic E-state index is 12.0. The summed E-state index contributed by atoms with van der Waals surface area (Å²) in [4.78, 5) is 12.0. The van der Waals surface area contributed by atoms with Crippen LogP contribution in [-0.2, 0) is 4.79 Å². The summed E-state index contributed by atoms with van der Waals surface area (Å²) in [6, 6.07) is 12.1. The van der Waals surface area contributed by atoms with Crippen molar-refractivity contribution in [2.75, 3.05) is 6.61 Å². The molecule has 118 valence electrons. The van der Waals surface area contributed by atoms with Crippen molar-refractivity contribution in [3.63, 3.8) is 0 Å². The molecule has 2 N–H and O–H groups in total. The van der Waals surface area contributed by atoms with Gasteiger partial charge in [-0.1, -0.05) is 12.1 Å². The van der Waals surface area contributed by atoms with Crippen molar-refractivity contribution >= 4 is 28.1 Å². The average molecular weight is 377 g/mol. The zero-order valence-electron chi connectivity index (χ0n) is 11.9. The number of benzene rings is 2. The van der Waals surface area contributed by atoms with Crippen molar-refractivity contribution in [1.29, 1.82) is 0 Å². The monoisotopic (exact) mass is 376 g/mol. The van der Waals surface area contributed by atoms with Crippen molar-refractivity contribution in [1.82, 2.24) is 5.43 Å². The number of rotatable bonds is 3. The number of carbonyl (C=O) groups is 1. The first-order valence-corrected chi connectivity index (χ1v) is 7.63. The van der Waals surface area contributed by atoms with E-state index in [1.165, 1.54) is 12.3 Å². The number of para-hydroxylation sites is 2. The number of hydrogen-bond donors (Lipinski definition) is 2. The van der Waals surface area contributed by atoms with Gasteiger partial charge in [0.15, 0.2) is 11.5 Å². The lowest BCUT2D eigenvalue weighted by Crippen LogP contribution is -2.42. The Morgan fingerprint density at radius 3 is 2.87 bits per heavy atom. The third-order valence-electron chi connectivity index (χ3n) is 3.16. The van der Waals surface area contributed by atoms with Crippen LogP contribution in [0.15, 0.2) is 52.0 Å². The minimum absolute atomic E-state index is 0.128. The van der Waals surface area contributed by atoms with Gasteiger partial charge >= 0.3 is 0 Å². The van der Waals surface area contributed by atoms with Crippen LogP contribution in [0.1, 0.15) is 5.56 Å². The molecule has 6 nitrogen and oxygen atoms in total. The first-order valence-electron chi connectivity index (χ1n) is 6.83. The van der Waals surface area contributed by atoms with Crippen molar-refractivity contribution in [3.05, 3.63) is 52.5 Å². The number of nitrogens with one attached hydrogen (secondary N) is 1. The number of aromatic hydroxyl groups is 1.